The molecule has 1 nitrogen and oxygen atoms in total. The number of rotatable bonds is 1. The number of likely N-dealkylation sites (N-methyl/N-ethyl adjacent to an activating group) is 1. The van der Waals surface area contributed by atoms with E-state index in [9.17, 15) is 0 Å². The molecule has 1 fully saturated rings. The van der Waals surface area contributed by atoms with Gasteiger partial charge in [0, 0.05) is 18.8 Å². The Hall–Kier alpha value is -0.300. The van der Waals surface area contributed by atoms with Crippen LogP contribution in [0.1, 0.15) is 52.4 Å². The highest BCUT2D eigenvalue weighted by atomic mass is 15.4. The van der Waals surface area contributed by atoms with Gasteiger partial charge in [0.15, 0.2) is 0 Å². The quantitative estimate of drug-likeness (QED) is 0.468. The van der Waals surface area contributed by atoms with Crippen molar-refractivity contribution >= 4 is 0 Å². The van der Waals surface area contributed by atoms with Crippen LogP contribution in [-0.2, 0) is 0 Å². The van der Waals surface area contributed by atoms with Crippen LogP contribution >= 0.6 is 0 Å². The van der Waals surface area contributed by atoms with E-state index >= 15 is 0 Å². The number of nitrogens with zero attached hydrogens (tertiary/aromatic N) is 1. The van der Waals surface area contributed by atoms with Crippen LogP contribution in [0.4, 0.5) is 0 Å². The summed E-state index contributed by atoms with van der Waals surface area (Å²) >= 11 is 0. The van der Waals surface area contributed by atoms with Crippen LogP contribution < -0.4 is 0 Å². The van der Waals surface area contributed by atoms with Gasteiger partial charge in [0.1, 0.15) is 5.54 Å². The first kappa shape index (κ1) is 10.8. The first-order chi connectivity index (χ1) is 7.59. The van der Waals surface area contributed by atoms with Crippen molar-refractivity contribution in [3.63, 3.8) is 0 Å². The molecule has 2 heterocycles. The van der Waals surface area contributed by atoms with E-state index in [1.165, 1.54) is 56.1 Å². The van der Waals surface area contributed by atoms with Crippen LogP contribution in [0.2, 0.25) is 0 Å². The van der Waals surface area contributed by atoms with Crippen LogP contribution in [0.25, 0.3) is 0 Å². The van der Waals surface area contributed by atoms with E-state index in [0.717, 1.165) is 5.92 Å². The fourth-order valence-corrected chi connectivity index (χ4v) is 4.79. The van der Waals surface area contributed by atoms with Gasteiger partial charge in [-0.05, 0) is 38.2 Å². The molecule has 0 bridgehead atoms. The molecule has 0 N–H and O–H groups in total. The third kappa shape index (κ3) is 1.21. The summed E-state index contributed by atoms with van der Waals surface area (Å²) in [6.45, 7) is 7.79. The van der Waals surface area contributed by atoms with E-state index in [-0.39, 0.29) is 0 Å². The van der Waals surface area contributed by atoms with Crippen molar-refractivity contribution in [3.05, 3.63) is 11.1 Å². The zero-order chi connectivity index (χ0) is 11.4. The Kier molecular flexibility index (Phi) is 2.27. The lowest BCUT2D eigenvalue weighted by molar-refractivity contribution is -0.941. The fraction of sp³-hybridized carbons (Fsp3) is 0.867. The molecular weight excluding hydrogens is 194 g/mol. The molecule has 0 aromatic rings. The van der Waals surface area contributed by atoms with Gasteiger partial charge in [-0.2, -0.15) is 0 Å². The third-order valence-electron chi connectivity index (χ3n) is 6.01. The molecule has 90 valence electrons. The SMILES string of the molecule is CC[C@H]1C[C@]2(C)C3=C(CCC3)CC[N+]2(C)C1. The van der Waals surface area contributed by atoms with E-state index in [4.69, 9.17) is 0 Å². The molecule has 3 atom stereocenters. The topological polar surface area (TPSA) is 0 Å². The maximum Gasteiger partial charge on any atom is 0.118 e. The van der Waals surface area contributed by atoms with Crippen LogP contribution in [0.3, 0.4) is 0 Å². The molecule has 0 saturated carbocycles. The molecule has 16 heavy (non-hydrogen) atoms. The Labute approximate surface area is 100 Å². The first-order valence-corrected chi connectivity index (χ1v) is 7.15. The third-order valence-corrected chi connectivity index (χ3v) is 6.01. The normalized spacial score (nSPS) is 47.1. The van der Waals surface area contributed by atoms with Gasteiger partial charge in [0.05, 0.1) is 20.1 Å². The van der Waals surface area contributed by atoms with Crippen molar-refractivity contribution in [2.45, 2.75) is 57.9 Å². The van der Waals surface area contributed by atoms with Gasteiger partial charge in [-0.25, -0.2) is 0 Å². The average Bonchev–Trinajstić information content (AvgIpc) is 2.81. The van der Waals surface area contributed by atoms with Crippen molar-refractivity contribution in [1.82, 2.24) is 0 Å². The Morgan fingerprint density at radius 2 is 2.12 bits per heavy atom. The molecule has 2 aliphatic heterocycles. The molecule has 1 saturated heterocycles. The van der Waals surface area contributed by atoms with Crippen LogP contribution in [0.15, 0.2) is 11.1 Å². The smallest absolute Gasteiger partial charge is 0.118 e. The molecule has 1 aliphatic carbocycles. The largest absolute Gasteiger partial charge is 0.317 e. The molecule has 0 radical (unpaired) electrons. The van der Waals surface area contributed by atoms with Crippen molar-refractivity contribution in [2.24, 2.45) is 5.92 Å². The van der Waals surface area contributed by atoms with Gasteiger partial charge in [-0.1, -0.05) is 12.5 Å². The number of hydrogen-bond donors (Lipinski definition) is 0. The predicted molar refractivity (Wildman–Crippen MR) is 68.2 cm³/mol. The van der Waals surface area contributed by atoms with Gasteiger partial charge >= 0.3 is 0 Å². The molecule has 3 rings (SSSR count). The standard InChI is InChI=1S/C15H26N/c1-4-12-10-15(2)14-7-5-6-13(14)8-9-16(15,3)11-12/h12H,4-11H2,1-3H3/q+1/t12-,15+,16?/m0/s1. The van der Waals surface area contributed by atoms with Crippen molar-refractivity contribution in [1.29, 1.82) is 0 Å². The summed E-state index contributed by atoms with van der Waals surface area (Å²) in [5, 5.41) is 0. The number of hydrogen-bond acceptors (Lipinski definition) is 0. The fourth-order valence-electron chi connectivity index (χ4n) is 4.79. The second-order valence-electron chi connectivity index (χ2n) is 6.74. The maximum atomic E-state index is 2.57. The Morgan fingerprint density at radius 1 is 1.31 bits per heavy atom. The number of fused-ring (bicyclic) bond motifs is 2. The van der Waals surface area contributed by atoms with Gasteiger partial charge in [0.2, 0.25) is 0 Å². The molecule has 3 aliphatic rings. The van der Waals surface area contributed by atoms with Gasteiger partial charge < -0.3 is 4.48 Å². The average molecular weight is 220 g/mol. The summed E-state index contributed by atoms with van der Waals surface area (Å²) in [6, 6.07) is 0. The molecule has 0 aromatic carbocycles. The van der Waals surface area contributed by atoms with E-state index < -0.39 is 0 Å². The molecule has 0 aromatic heterocycles. The maximum absolute atomic E-state index is 2.57. The summed E-state index contributed by atoms with van der Waals surface area (Å²) in [4.78, 5) is 0. The van der Waals surface area contributed by atoms with Crippen LogP contribution in [0.5, 0.6) is 0 Å². The summed E-state index contributed by atoms with van der Waals surface area (Å²) in [7, 11) is 2.53. The second-order valence-corrected chi connectivity index (χ2v) is 6.74. The van der Waals surface area contributed by atoms with Crippen LogP contribution in [0, 0.1) is 5.92 Å². The van der Waals surface area contributed by atoms with Crippen molar-refractivity contribution in [3.8, 4) is 0 Å². The lowest BCUT2D eigenvalue weighted by Gasteiger charge is -2.48. The lowest BCUT2D eigenvalue weighted by Crippen LogP contribution is -2.59. The minimum atomic E-state index is 0.519. The summed E-state index contributed by atoms with van der Waals surface area (Å²) in [5.74, 6) is 0.974. The second kappa shape index (κ2) is 3.35. The van der Waals surface area contributed by atoms with Gasteiger partial charge in [-0.15, -0.1) is 0 Å². The summed E-state index contributed by atoms with van der Waals surface area (Å²) < 4.78 is 1.35. The molecular formula is C15H26N+. The summed E-state index contributed by atoms with van der Waals surface area (Å²) in [5.41, 5.74) is 4.26. The molecule has 1 heteroatoms. The minimum absolute atomic E-state index is 0.519. The Bertz CT molecular complexity index is 343. The van der Waals surface area contributed by atoms with Crippen LogP contribution in [-0.4, -0.2) is 30.2 Å². The Morgan fingerprint density at radius 3 is 2.88 bits per heavy atom. The zero-order valence-corrected chi connectivity index (χ0v) is 11.2. The molecule has 0 amide bonds. The highest BCUT2D eigenvalue weighted by molar-refractivity contribution is 5.31. The zero-order valence-electron chi connectivity index (χ0n) is 11.2. The Balaban J connectivity index is 2.02. The highest BCUT2D eigenvalue weighted by Gasteiger charge is 2.57. The van der Waals surface area contributed by atoms with E-state index in [1.807, 2.05) is 11.1 Å². The monoisotopic (exact) mass is 220 g/mol. The molecule has 0 spiro atoms. The predicted octanol–water partition coefficient (Wildman–Crippen LogP) is 3.51. The van der Waals surface area contributed by atoms with E-state index in [1.54, 1.807) is 0 Å². The van der Waals surface area contributed by atoms with Crippen molar-refractivity contribution in [2.75, 3.05) is 20.1 Å². The van der Waals surface area contributed by atoms with E-state index in [0.29, 0.717) is 5.54 Å². The first-order valence-electron chi connectivity index (χ1n) is 7.15. The van der Waals surface area contributed by atoms with E-state index in [2.05, 4.69) is 20.9 Å². The summed E-state index contributed by atoms with van der Waals surface area (Å²) in [6.07, 6.45) is 8.51. The van der Waals surface area contributed by atoms with Crippen molar-refractivity contribution < 1.29 is 4.48 Å². The number of quaternary nitrogens is 1. The minimum Gasteiger partial charge on any atom is -0.317 e. The highest BCUT2D eigenvalue weighted by Crippen LogP contribution is 2.52. The molecule has 1 unspecified atom stereocenters. The van der Waals surface area contributed by atoms with Gasteiger partial charge in [0.25, 0.3) is 0 Å². The lowest BCUT2D eigenvalue weighted by atomic mass is 9.79. The van der Waals surface area contributed by atoms with Gasteiger partial charge in [-0.3, -0.25) is 0 Å².